The van der Waals surface area contributed by atoms with Crippen LogP contribution in [0.2, 0.25) is 0 Å². The summed E-state index contributed by atoms with van der Waals surface area (Å²) in [5.74, 6) is -0.651. The van der Waals surface area contributed by atoms with Crippen LogP contribution in [0.4, 0.5) is 10.1 Å². The number of benzene rings is 1. The van der Waals surface area contributed by atoms with Crippen LogP contribution in [-0.4, -0.2) is 22.6 Å². The SMILES string of the molecule is Cc1noc2nc(C(C)C)cc(C(=O)Nc3ccc4c(c3F)CCNC4)c12.Cl. The molecular formula is C20H22ClFN4O2. The summed E-state index contributed by atoms with van der Waals surface area (Å²) in [6.45, 7) is 7.09. The number of carbonyl (C=O) groups is 1. The van der Waals surface area contributed by atoms with Gasteiger partial charge in [0, 0.05) is 12.2 Å². The van der Waals surface area contributed by atoms with Gasteiger partial charge in [-0.3, -0.25) is 4.79 Å². The lowest BCUT2D eigenvalue weighted by Crippen LogP contribution is -2.25. The molecule has 2 aromatic heterocycles. The van der Waals surface area contributed by atoms with Crippen molar-refractivity contribution < 1.29 is 13.7 Å². The number of hydrogen-bond donors (Lipinski definition) is 2. The van der Waals surface area contributed by atoms with Gasteiger partial charge in [0.25, 0.3) is 11.6 Å². The van der Waals surface area contributed by atoms with Crippen LogP contribution in [0.15, 0.2) is 22.7 Å². The molecule has 1 amide bonds. The molecule has 3 aromatic rings. The van der Waals surface area contributed by atoms with Gasteiger partial charge in [-0.15, -0.1) is 12.4 Å². The van der Waals surface area contributed by atoms with Gasteiger partial charge in [0.2, 0.25) is 0 Å². The summed E-state index contributed by atoms with van der Waals surface area (Å²) in [6.07, 6.45) is 0.604. The number of amides is 1. The molecule has 0 atom stereocenters. The van der Waals surface area contributed by atoms with Crippen LogP contribution in [0.1, 0.15) is 52.6 Å². The number of hydrogen-bond acceptors (Lipinski definition) is 5. The zero-order chi connectivity index (χ0) is 19.1. The molecule has 0 saturated carbocycles. The maximum atomic E-state index is 14.9. The number of aryl methyl sites for hydroxylation is 1. The maximum Gasteiger partial charge on any atom is 0.259 e. The van der Waals surface area contributed by atoms with E-state index in [4.69, 9.17) is 4.52 Å². The predicted octanol–water partition coefficient (Wildman–Crippen LogP) is 4.11. The highest BCUT2D eigenvalue weighted by Gasteiger charge is 2.22. The van der Waals surface area contributed by atoms with Gasteiger partial charge in [0.1, 0.15) is 5.82 Å². The Morgan fingerprint density at radius 2 is 2.14 bits per heavy atom. The van der Waals surface area contributed by atoms with Crippen LogP contribution >= 0.6 is 12.4 Å². The summed E-state index contributed by atoms with van der Waals surface area (Å²) in [5.41, 5.74) is 3.79. The summed E-state index contributed by atoms with van der Waals surface area (Å²) in [5, 5.41) is 10.4. The number of aromatic nitrogens is 2. The van der Waals surface area contributed by atoms with E-state index >= 15 is 0 Å². The van der Waals surface area contributed by atoms with Crippen molar-refractivity contribution in [2.24, 2.45) is 0 Å². The Morgan fingerprint density at radius 1 is 1.36 bits per heavy atom. The fourth-order valence-electron chi connectivity index (χ4n) is 3.41. The molecule has 2 N–H and O–H groups in total. The van der Waals surface area contributed by atoms with Crippen molar-refractivity contribution >= 4 is 35.1 Å². The molecule has 4 rings (SSSR count). The third-order valence-electron chi connectivity index (χ3n) is 4.93. The molecule has 0 unspecified atom stereocenters. The first-order valence-electron chi connectivity index (χ1n) is 9.05. The smallest absolute Gasteiger partial charge is 0.259 e. The van der Waals surface area contributed by atoms with Crippen LogP contribution in [0.5, 0.6) is 0 Å². The Morgan fingerprint density at radius 3 is 2.89 bits per heavy atom. The topological polar surface area (TPSA) is 80.0 Å². The number of nitrogens with one attached hydrogen (secondary N) is 2. The third kappa shape index (κ3) is 3.47. The molecule has 0 bridgehead atoms. The molecule has 8 heteroatoms. The van der Waals surface area contributed by atoms with Crippen LogP contribution in [0.25, 0.3) is 11.1 Å². The largest absolute Gasteiger partial charge is 0.336 e. The standard InChI is InChI=1S/C20H21FN4O2.ClH/c1-10(2)16-8-14(17-11(3)25-27-20(17)24-16)19(26)23-15-5-4-12-9-22-7-6-13(12)18(15)21;/h4-5,8,10,22H,6-7,9H2,1-3H3,(H,23,26);1H. The number of nitrogens with zero attached hydrogens (tertiary/aromatic N) is 2. The summed E-state index contributed by atoms with van der Waals surface area (Å²) >= 11 is 0. The van der Waals surface area contributed by atoms with Gasteiger partial charge in [0.15, 0.2) is 0 Å². The van der Waals surface area contributed by atoms with E-state index in [0.717, 1.165) is 17.8 Å². The van der Waals surface area contributed by atoms with Crippen molar-refractivity contribution in [3.05, 3.63) is 52.1 Å². The van der Waals surface area contributed by atoms with Crippen molar-refractivity contribution in [2.75, 3.05) is 11.9 Å². The Hall–Kier alpha value is -2.51. The highest BCUT2D eigenvalue weighted by atomic mass is 35.5. The highest BCUT2D eigenvalue weighted by Crippen LogP contribution is 2.28. The van der Waals surface area contributed by atoms with E-state index in [1.54, 1.807) is 19.1 Å². The number of anilines is 1. The summed E-state index contributed by atoms with van der Waals surface area (Å²) < 4.78 is 20.1. The zero-order valence-electron chi connectivity index (χ0n) is 15.9. The van der Waals surface area contributed by atoms with Crippen LogP contribution < -0.4 is 10.6 Å². The molecule has 0 spiro atoms. The monoisotopic (exact) mass is 404 g/mol. The Bertz CT molecular complexity index is 1050. The van der Waals surface area contributed by atoms with E-state index in [2.05, 4.69) is 20.8 Å². The van der Waals surface area contributed by atoms with Crippen molar-refractivity contribution in [3.8, 4) is 0 Å². The minimum atomic E-state index is -0.400. The third-order valence-corrected chi connectivity index (χ3v) is 4.93. The summed E-state index contributed by atoms with van der Waals surface area (Å²) in [6, 6.07) is 5.20. The Balaban J connectivity index is 0.00000225. The van der Waals surface area contributed by atoms with Gasteiger partial charge < -0.3 is 15.2 Å². The fraction of sp³-hybridized carbons (Fsp3) is 0.350. The lowest BCUT2D eigenvalue weighted by atomic mass is 9.99. The van der Waals surface area contributed by atoms with E-state index in [1.165, 1.54) is 0 Å². The molecule has 0 radical (unpaired) electrons. The van der Waals surface area contributed by atoms with Crippen LogP contribution in [-0.2, 0) is 13.0 Å². The molecule has 28 heavy (non-hydrogen) atoms. The number of halogens is 2. The molecular weight excluding hydrogens is 383 g/mol. The number of fused-ring (bicyclic) bond motifs is 2. The maximum absolute atomic E-state index is 14.9. The minimum absolute atomic E-state index is 0. The molecule has 1 aromatic carbocycles. The normalized spacial score (nSPS) is 13.3. The predicted molar refractivity (Wildman–Crippen MR) is 108 cm³/mol. The zero-order valence-corrected chi connectivity index (χ0v) is 16.7. The average molecular weight is 405 g/mol. The quantitative estimate of drug-likeness (QED) is 0.686. The second-order valence-corrected chi connectivity index (χ2v) is 7.14. The lowest BCUT2D eigenvalue weighted by molar-refractivity contribution is 0.102. The van der Waals surface area contributed by atoms with Gasteiger partial charge in [-0.05, 0) is 49.1 Å². The molecule has 6 nitrogen and oxygen atoms in total. The summed E-state index contributed by atoms with van der Waals surface area (Å²) in [4.78, 5) is 17.4. The minimum Gasteiger partial charge on any atom is -0.336 e. The Labute approximate surface area is 168 Å². The van der Waals surface area contributed by atoms with Gasteiger partial charge >= 0.3 is 0 Å². The van der Waals surface area contributed by atoms with Gasteiger partial charge in [-0.25, -0.2) is 9.37 Å². The van der Waals surface area contributed by atoms with Crippen molar-refractivity contribution in [3.63, 3.8) is 0 Å². The van der Waals surface area contributed by atoms with Crippen LogP contribution in [0, 0.1) is 12.7 Å². The second kappa shape index (κ2) is 7.85. The average Bonchev–Trinajstić information content (AvgIpc) is 3.04. The molecule has 1 aliphatic heterocycles. The van der Waals surface area contributed by atoms with E-state index in [9.17, 15) is 9.18 Å². The first-order chi connectivity index (χ1) is 13.0. The number of carbonyl (C=O) groups excluding carboxylic acids is 1. The first-order valence-corrected chi connectivity index (χ1v) is 9.05. The molecule has 0 fully saturated rings. The lowest BCUT2D eigenvalue weighted by Gasteiger charge is -2.19. The van der Waals surface area contributed by atoms with Crippen molar-refractivity contribution in [2.45, 2.75) is 39.7 Å². The first kappa shape index (κ1) is 20.2. The highest BCUT2D eigenvalue weighted by molar-refractivity contribution is 6.12. The van der Waals surface area contributed by atoms with E-state index < -0.39 is 5.91 Å². The van der Waals surface area contributed by atoms with E-state index in [0.29, 0.717) is 40.9 Å². The number of pyridine rings is 1. The Kier molecular flexibility index (Phi) is 5.67. The van der Waals surface area contributed by atoms with Crippen molar-refractivity contribution in [1.29, 1.82) is 0 Å². The van der Waals surface area contributed by atoms with Crippen molar-refractivity contribution in [1.82, 2.24) is 15.5 Å². The molecule has 0 aliphatic carbocycles. The van der Waals surface area contributed by atoms with Crippen LogP contribution in [0.3, 0.4) is 0 Å². The van der Waals surface area contributed by atoms with Gasteiger partial charge in [-0.2, -0.15) is 0 Å². The van der Waals surface area contributed by atoms with E-state index in [1.807, 2.05) is 19.9 Å². The van der Waals surface area contributed by atoms with E-state index in [-0.39, 0.29) is 29.8 Å². The van der Waals surface area contributed by atoms with Gasteiger partial charge in [0.05, 0.1) is 22.3 Å². The number of rotatable bonds is 3. The molecule has 148 valence electrons. The fourth-order valence-corrected chi connectivity index (χ4v) is 3.41. The summed E-state index contributed by atoms with van der Waals surface area (Å²) in [7, 11) is 0. The van der Waals surface area contributed by atoms with Gasteiger partial charge in [-0.1, -0.05) is 25.1 Å². The molecule has 3 heterocycles. The molecule has 1 aliphatic rings. The molecule has 0 saturated heterocycles. The second-order valence-electron chi connectivity index (χ2n) is 7.14.